The van der Waals surface area contributed by atoms with Gasteiger partial charge in [0, 0.05) is 53.7 Å². The molecule has 0 amide bonds. The number of piperidine rings is 1. The smallest absolute Gasteiger partial charge is 0.251 e. The Morgan fingerprint density at radius 2 is 1.84 bits per heavy atom. The van der Waals surface area contributed by atoms with Gasteiger partial charge in [0.1, 0.15) is 5.82 Å². The summed E-state index contributed by atoms with van der Waals surface area (Å²) in [5.74, 6) is -0.396. The molecule has 0 aliphatic carbocycles. The molecule has 31 heavy (non-hydrogen) atoms. The van der Waals surface area contributed by atoms with Crippen molar-refractivity contribution in [3.8, 4) is 22.4 Å². The first-order chi connectivity index (χ1) is 14.7. The average molecular weight is 422 g/mol. The number of aliphatic hydroxyl groups is 1. The van der Waals surface area contributed by atoms with Crippen molar-refractivity contribution in [2.75, 3.05) is 20.1 Å². The van der Waals surface area contributed by atoms with Gasteiger partial charge in [-0.05, 0) is 31.7 Å². The van der Waals surface area contributed by atoms with E-state index >= 15 is 0 Å². The second kappa shape index (κ2) is 8.02. The summed E-state index contributed by atoms with van der Waals surface area (Å²) in [7, 11) is 2.04. The quantitative estimate of drug-likeness (QED) is 0.696. The maximum atomic E-state index is 14.6. The van der Waals surface area contributed by atoms with E-state index < -0.39 is 16.8 Å². The number of pyridine rings is 2. The van der Waals surface area contributed by atoms with E-state index in [0.717, 1.165) is 13.1 Å². The third kappa shape index (κ3) is 4.05. The molecule has 1 atom stereocenters. The van der Waals surface area contributed by atoms with Gasteiger partial charge < -0.3 is 14.6 Å². The van der Waals surface area contributed by atoms with Gasteiger partial charge in [0.2, 0.25) is 0 Å². The number of hydrogen-bond acceptors (Lipinski definition) is 4. The van der Waals surface area contributed by atoms with Crippen molar-refractivity contribution in [2.45, 2.75) is 32.4 Å². The number of benzene rings is 1. The van der Waals surface area contributed by atoms with Gasteiger partial charge in [-0.25, -0.2) is 4.39 Å². The first-order valence-electron chi connectivity index (χ1n) is 10.5. The Balaban J connectivity index is 1.85. The van der Waals surface area contributed by atoms with E-state index in [9.17, 15) is 14.3 Å². The average Bonchev–Trinajstić information content (AvgIpc) is 2.73. The molecule has 1 aliphatic heterocycles. The molecule has 2 aromatic heterocycles. The molecule has 3 heterocycles. The largest absolute Gasteiger partial charge is 0.387 e. The Morgan fingerprint density at radius 3 is 2.52 bits per heavy atom. The molecule has 162 valence electrons. The second-order valence-electron chi connectivity index (χ2n) is 9.17. The van der Waals surface area contributed by atoms with E-state index in [-0.39, 0.29) is 12.1 Å². The van der Waals surface area contributed by atoms with Gasteiger partial charge in [-0.1, -0.05) is 38.1 Å². The molecular weight excluding hydrogens is 393 g/mol. The highest BCUT2D eigenvalue weighted by Crippen LogP contribution is 2.40. The molecule has 6 heteroatoms. The van der Waals surface area contributed by atoms with Crippen molar-refractivity contribution in [1.29, 1.82) is 0 Å². The Kier molecular flexibility index (Phi) is 5.54. The van der Waals surface area contributed by atoms with Crippen molar-refractivity contribution in [3.63, 3.8) is 0 Å². The highest BCUT2D eigenvalue weighted by Gasteiger charge is 2.47. The zero-order valence-electron chi connectivity index (χ0n) is 18.2. The third-order valence-corrected chi connectivity index (χ3v) is 6.49. The standard InChI is InChI=1S/C25H28FN3O2/c1-24(2)16-28(3)13-11-25(24,31)17-29-15-20(22-10-6-7-12-27-22)19(14-23(29)30)18-8-4-5-9-21(18)26/h4-10,12,14-15,31H,11,13,16-17H2,1-3H3. The third-order valence-electron chi connectivity index (χ3n) is 6.49. The number of likely N-dealkylation sites (tertiary alicyclic amines) is 1. The van der Waals surface area contributed by atoms with Crippen LogP contribution < -0.4 is 5.56 Å². The van der Waals surface area contributed by atoms with Gasteiger partial charge in [0.25, 0.3) is 5.56 Å². The van der Waals surface area contributed by atoms with E-state index in [0.29, 0.717) is 28.8 Å². The minimum atomic E-state index is -1.04. The van der Waals surface area contributed by atoms with Crippen molar-refractivity contribution >= 4 is 0 Å². The lowest BCUT2D eigenvalue weighted by atomic mass is 9.70. The van der Waals surface area contributed by atoms with Crippen LogP contribution in [0.5, 0.6) is 0 Å². The normalized spacial score (nSPS) is 21.2. The molecule has 0 saturated carbocycles. The van der Waals surface area contributed by atoms with Crippen LogP contribution in [-0.4, -0.2) is 45.3 Å². The lowest BCUT2D eigenvalue weighted by molar-refractivity contribution is -0.124. The van der Waals surface area contributed by atoms with Gasteiger partial charge >= 0.3 is 0 Å². The molecule has 1 saturated heterocycles. The van der Waals surface area contributed by atoms with Crippen LogP contribution in [0.3, 0.4) is 0 Å². The summed E-state index contributed by atoms with van der Waals surface area (Å²) in [6, 6.07) is 13.4. The molecule has 0 bridgehead atoms. The molecular formula is C25H28FN3O2. The molecule has 1 aromatic carbocycles. The van der Waals surface area contributed by atoms with E-state index in [4.69, 9.17) is 0 Å². The van der Waals surface area contributed by atoms with Crippen molar-refractivity contribution in [1.82, 2.24) is 14.5 Å². The number of hydrogen-bond donors (Lipinski definition) is 1. The summed E-state index contributed by atoms with van der Waals surface area (Å²) < 4.78 is 16.1. The minimum Gasteiger partial charge on any atom is -0.387 e. The van der Waals surface area contributed by atoms with E-state index in [1.54, 1.807) is 35.2 Å². The van der Waals surface area contributed by atoms with E-state index in [1.807, 2.05) is 39.1 Å². The molecule has 5 nitrogen and oxygen atoms in total. The highest BCUT2D eigenvalue weighted by atomic mass is 19.1. The van der Waals surface area contributed by atoms with Crippen LogP contribution in [0.15, 0.2) is 65.7 Å². The monoisotopic (exact) mass is 421 g/mol. The maximum absolute atomic E-state index is 14.6. The van der Waals surface area contributed by atoms with Gasteiger partial charge in [0.15, 0.2) is 0 Å². The van der Waals surface area contributed by atoms with E-state index in [1.165, 1.54) is 12.1 Å². The van der Waals surface area contributed by atoms with Crippen molar-refractivity contribution in [3.05, 3.63) is 77.1 Å². The van der Waals surface area contributed by atoms with Gasteiger partial charge in [-0.2, -0.15) is 0 Å². The number of rotatable bonds is 4. The predicted molar refractivity (Wildman–Crippen MR) is 120 cm³/mol. The molecule has 1 unspecified atom stereocenters. The Hall–Kier alpha value is -2.83. The van der Waals surface area contributed by atoms with Crippen LogP contribution in [0.25, 0.3) is 22.4 Å². The topological polar surface area (TPSA) is 58.4 Å². The van der Waals surface area contributed by atoms with Crippen molar-refractivity contribution in [2.24, 2.45) is 5.41 Å². The summed E-state index contributed by atoms with van der Waals surface area (Å²) in [4.78, 5) is 19.7. The molecule has 1 aliphatic rings. The number of aromatic nitrogens is 2. The SMILES string of the molecule is CN1CCC(O)(Cn2cc(-c3ccccn3)c(-c3ccccc3F)cc2=O)C(C)(C)C1. The van der Waals surface area contributed by atoms with Gasteiger partial charge in [0.05, 0.1) is 17.8 Å². The lowest BCUT2D eigenvalue weighted by Gasteiger charge is -2.49. The minimum absolute atomic E-state index is 0.171. The van der Waals surface area contributed by atoms with Crippen LogP contribution in [-0.2, 0) is 6.54 Å². The van der Waals surface area contributed by atoms with Crippen molar-refractivity contribution < 1.29 is 9.50 Å². The molecule has 3 aromatic rings. The fourth-order valence-electron chi connectivity index (χ4n) is 4.52. The molecule has 0 spiro atoms. The fourth-order valence-corrected chi connectivity index (χ4v) is 4.52. The Morgan fingerprint density at radius 1 is 1.10 bits per heavy atom. The second-order valence-corrected chi connectivity index (χ2v) is 9.17. The van der Waals surface area contributed by atoms with Gasteiger partial charge in [-0.15, -0.1) is 0 Å². The predicted octanol–water partition coefficient (Wildman–Crippen LogP) is 3.81. The first kappa shape index (κ1) is 21.4. The Labute approximate surface area is 181 Å². The molecule has 4 rings (SSSR count). The summed E-state index contributed by atoms with van der Waals surface area (Å²) in [6.45, 7) is 5.72. The zero-order valence-corrected chi connectivity index (χ0v) is 18.2. The summed E-state index contributed by atoms with van der Waals surface area (Å²) >= 11 is 0. The summed E-state index contributed by atoms with van der Waals surface area (Å²) in [5.41, 5.74) is 0.433. The molecule has 1 N–H and O–H groups in total. The Bertz CT molecular complexity index is 1140. The van der Waals surface area contributed by atoms with Crippen LogP contribution in [0, 0.1) is 11.2 Å². The number of halogens is 1. The van der Waals surface area contributed by atoms with Crippen LogP contribution in [0.4, 0.5) is 4.39 Å². The summed E-state index contributed by atoms with van der Waals surface area (Å²) in [5, 5.41) is 11.5. The first-order valence-corrected chi connectivity index (χ1v) is 10.5. The van der Waals surface area contributed by atoms with E-state index in [2.05, 4.69) is 9.88 Å². The molecule has 1 fully saturated rings. The lowest BCUT2D eigenvalue weighted by Crippen LogP contribution is -2.59. The zero-order chi connectivity index (χ0) is 22.2. The van der Waals surface area contributed by atoms with Crippen LogP contribution in [0.1, 0.15) is 20.3 Å². The van der Waals surface area contributed by atoms with Crippen LogP contribution in [0.2, 0.25) is 0 Å². The van der Waals surface area contributed by atoms with Crippen LogP contribution >= 0.6 is 0 Å². The molecule has 0 radical (unpaired) electrons. The summed E-state index contributed by atoms with van der Waals surface area (Å²) in [6.07, 6.45) is 3.94. The maximum Gasteiger partial charge on any atom is 0.251 e. The number of nitrogens with zero attached hydrogens (tertiary/aromatic N) is 3. The highest BCUT2D eigenvalue weighted by molar-refractivity contribution is 5.81. The fraction of sp³-hybridized carbons (Fsp3) is 0.360. The van der Waals surface area contributed by atoms with Gasteiger partial charge in [-0.3, -0.25) is 9.78 Å².